The van der Waals surface area contributed by atoms with Crippen LogP contribution in [0.3, 0.4) is 0 Å². The van der Waals surface area contributed by atoms with Gasteiger partial charge in [-0.3, -0.25) is 0 Å². The molecule has 116 valence electrons. The molecule has 1 heteroatoms. The molecule has 0 radical (unpaired) electrons. The van der Waals surface area contributed by atoms with Crippen LogP contribution in [-0.2, 0) is 6.61 Å². The molecular formula is C23H18O. The van der Waals surface area contributed by atoms with Crippen LogP contribution in [0.15, 0.2) is 85.4 Å². The first-order valence-corrected chi connectivity index (χ1v) is 8.10. The van der Waals surface area contributed by atoms with Gasteiger partial charge < -0.3 is 4.74 Å². The predicted molar refractivity (Wildman–Crippen MR) is 102 cm³/mol. The molecule has 0 aromatic heterocycles. The standard InChI is InChI=1S/C23H18O/c1-2-17-10-12-18(13-11-17)16-24-23-9-5-8-21-20-7-4-3-6-19(20)14-15-22(21)23/h2-15H,1,16H2. The van der Waals surface area contributed by atoms with Gasteiger partial charge in [0.1, 0.15) is 12.4 Å². The number of hydrogen-bond donors (Lipinski definition) is 0. The van der Waals surface area contributed by atoms with Crippen LogP contribution in [0.2, 0.25) is 0 Å². The van der Waals surface area contributed by atoms with Crippen molar-refractivity contribution in [1.29, 1.82) is 0 Å². The highest BCUT2D eigenvalue weighted by atomic mass is 16.5. The van der Waals surface area contributed by atoms with Crippen LogP contribution >= 0.6 is 0 Å². The lowest BCUT2D eigenvalue weighted by Crippen LogP contribution is -1.96. The average Bonchev–Trinajstić information content (AvgIpc) is 2.66. The molecule has 0 bridgehead atoms. The van der Waals surface area contributed by atoms with Gasteiger partial charge in [0.2, 0.25) is 0 Å². The Morgan fingerprint density at radius 3 is 2.33 bits per heavy atom. The fourth-order valence-electron chi connectivity index (χ4n) is 3.05. The summed E-state index contributed by atoms with van der Waals surface area (Å²) in [6, 6.07) is 27.3. The fraction of sp³-hybridized carbons (Fsp3) is 0.0435. The van der Waals surface area contributed by atoms with Crippen LogP contribution in [0.1, 0.15) is 11.1 Å². The Bertz CT molecular complexity index is 1010. The van der Waals surface area contributed by atoms with E-state index in [-0.39, 0.29) is 0 Å². The maximum absolute atomic E-state index is 6.10. The van der Waals surface area contributed by atoms with Crippen LogP contribution in [-0.4, -0.2) is 0 Å². The first-order chi connectivity index (χ1) is 11.8. The fourth-order valence-corrected chi connectivity index (χ4v) is 3.05. The van der Waals surface area contributed by atoms with E-state index in [1.165, 1.54) is 16.2 Å². The van der Waals surface area contributed by atoms with E-state index in [4.69, 9.17) is 4.74 Å². The van der Waals surface area contributed by atoms with E-state index in [1.807, 2.05) is 12.1 Å². The molecule has 0 fully saturated rings. The summed E-state index contributed by atoms with van der Waals surface area (Å²) in [6.07, 6.45) is 1.85. The molecule has 0 atom stereocenters. The summed E-state index contributed by atoms with van der Waals surface area (Å²) in [5.74, 6) is 0.922. The summed E-state index contributed by atoms with van der Waals surface area (Å²) in [5, 5.41) is 4.89. The lowest BCUT2D eigenvalue weighted by molar-refractivity contribution is 0.310. The molecule has 0 saturated heterocycles. The summed E-state index contributed by atoms with van der Waals surface area (Å²) in [7, 11) is 0. The van der Waals surface area contributed by atoms with Gasteiger partial charge in [-0.25, -0.2) is 0 Å². The van der Waals surface area contributed by atoms with Gasteiger partial charge in [0.25, 0.3) is 0 Å². The van der Waals surface area contributed by atoms with E-state index in [9.17, 15) is 0 Å². The van der Waals surface area contributed by atoms with E-state index in [0.29, 0.717) is 6.61 Å². The van der Waals surface area contributed by atoms with Crippen molar-refractivity contribution < 1.29 is 4.74 Å². The van der Waals surface area contributed by atoms with Crippen LogP contribution in [0.4, 0.5) is 0 Å². The van der Waals surface area contributed by atoms with Crippen molar-refractivity contribution in [2.45, 2.75) is 6.61 Å². The van der Waals surface area contributed by atoms with Gasteiger partial charge in [0.05, 0.1) is 0 Å². The van der Waals surface area contributed by atoms with Gasteiger partial charge in [-0.1, -0.05) is 85.5 Å². The van der Waals surface area contributed by atoms with Crippen LogP contribution in [0, 0.1) is 0 Å². The van der Waals surface area contributed by atoms with Crippen LogP contribution < -0.4 is 4.74 Å². The third-order valence-corrected chi connectivity index (χ3v) is 4.36. The molecule has 1 nitrogen and oxygen atoms in total. The molecule has 0 amide bonds. The normalized spacial score (nSPS) is 10.8. The van der Waals surface area contributed by atoms with E-state index < -0.39 is 0 Å². The minimum Gasteiger partial charge on any atom is -0.488 e. The van der Waals surface area contributed by atoms with Crippen LogP contribution in [0.25, 0.3) is 27.6 Å². The van der Waals surface area contributed by atoms with E-state index in [0.717, 1.165) is 22.3 Å². The monoisotopic (exact) mass is 310 g/mol. The number of benzene rings is 4. The molecule has 0 heterocycles. The molecule has 0 spiro atoms. The predicted octanol–water partition coefficient (Wildman–Crippen LogP) is 6.22. The van der Waals surface area contributed by atoms with Gasteiger partial charge in [-0.2, -0.15) is 0 Å². The minimum atomic E-state index is 0.559. The van der Waals surface area contributed by atoms with Gasteiger partial charge >= 0.3 is 0 Å². The van der Waals surface area contributed by atoms with E-state index in [1.54, 1.807) is 0 Å². The number of rotatable bonds is 4. The summed E-state index contributed by atoms with van der Waals surface area (Å²) in [5.41, 5.74) is 2.27. The van der Waals surface area contributed by atoms with E-state index in [2.05, 4.69) is 79.4 Å². The van der Waals surface area contributed by atoms with Crippen LogP contribution in [0.5, 0.6) is 5.75 Å². The second kappa shape index (κ2) is 6.21. The molecule has 0 aliphatic heterocycles. The zero-order valence-electron chi connectivity index (χ0n) is 13.4. The van der Waals surface area contributed by atoms with Gasteiger partial charge in [-0.05, 0) is 33.4 Å². The molecule has 0 aliphatic carbocycles. The third kappa shape index (κ3) is 2.65. The number of fused-ring (bicyclic) bond motifs is 3. The lowest BCUT2D eigenvalue weighted by atomic mass is 10.0. The Hall–Kier alpha value is -3.06. The highest BCUT2D eigenvalue weighted by Gasteiger charge is 2.05. The summed E-state index contributed by atoms with van der Waals surface area (Å²) in [6.45, 7) is 4.34. The SMILES string of the molecule is C=Cc1ccc(COc2cccc3c2ccc2ccccc23)cc1. The zero-order chi connectivity index (χ0) is 16.4. The summed E-state index contributed by atoms with van der Waals surface area (Å²) in [4.78, 5) is 0. The van der Waals surface area contributed by atoms with Crippen molar-refractivity contribution in [2.24, 2.45) is 0 Å². The topological polar surface area (TPSA) is 9.23 Å². The average molecular weight is 310 g/mol. The summed E-state index contributed by atoms with van der Waals surface area (Å²) < 4.78 is 6.10. The van der Waals surface area contributed by atoms with Gasteiger partial charge in [0, 0.05) is 5.39 Å². The van der Waals surface area contributed by atoms with Crippen molar-refractivity contribution in [3.63, 3.8) is 0 Å². The van der Waals surface area contributed by atoms with Crippen molar-refractivity contribution in [2.75, 3.05) is 0 Å². The van der Waals surface area contributed by atoms with Crippen molar-refractivity contribution in [3.8, 4) is 5.75 Å². The van der Waals surface area contributed by atoms with Gasteiger partial charge in [-0.15, -0.1) is 0 Å². The zero-order valence-corrected chi connectivity index (χ0v) is 13.4. The maximum Gasteiger partial charge on any atom is 0.127 e. The first-order valence-electron chi connectivity index (χ1n) is 8.10. The third-order valence-electron chi connectivity index (χ3n) is 4.36. The maximum atomic E-state index is 6.10. The molecule has 0 aliphatic rings. The van der Waals surface area contributed by atoms with Crippen molar-refractivity contribution in [1.82, 2.24) is 0 Å². The van der Waals surface area contributed by atoms with Crippen molar-refractivity contribution >= 4 is 27.6 Å². The Kier molecular flexibility index (Phi) is 3.76. The van der Waals surface area contributed by atoms with E-state index >= 15 is 0 Å². The lowest BCUT2D eigenvalue weighted by Gasteiger charge is -2.11. The van der Waals surface area contributed by atoms with Gasteiger partial charge in [0.15, 0.2) is 0 Å². The Labute approximate surface area is 141 Å². The molecule has 4 aromatic rings. The quantitative estimate of drug-likeness (QED) is 0.407. The second-order valence-electron chi connectivity index (χ2n) is 5.87. The molecule has 4 aromatic carbocycles. The molecular weight excluding hydrogens is 292 g/mol. The Morgan fingerprint density at radius 2 is 1.50 bits per heavy atom. The number of ether oxygens (including phenoxy) is 1. The largest absolute Gasteiger partial charge is 0.488 e. The highest BCUT2D eigenvalue weighted by Crippen LogP contribution is 2.31. The molecule has 0 saturated carbocycles. The molecule has 24 heavy (non-hydrogen) atoms. The molecule has 0 N–H and O–H groups in total. The second-order valence-corrected chi connectivity index (χ2v) is 5.87. The molecule has 0 unspecified atom stereocenters. The Balaban J connectivity index is 1.68. The highest BCUT2D eigenvalue weighted by molar-refractivity contribution is 6.09. The Morgan fingerprint density at radius 1 is 0.708 bits per heavy atom. The first kappa shape index (κ1) is 14.5. The minimum absolute atomic E-state index is 0.559. The summed E-state index contributed by atoms with van der Waals surface area (Å²) >= 11 is 0. The number of hydrogen-bond acceptors (Lipinski definition) is 1. The molecule has 4 rings (SSSR count). The van der Waals surface area contributed by atoms with Crippen molar-refractivity contribution in [3.05, 3.63) is 96.6 Å². The smallest absolute Gasteiger partial charge is 0.127 e.